The lowest BCUT2D eigenvalue weighted by molar-refractivity contribution is 0.0689. The highest BCUT2D eigenvalue weighted by atomic mass is 79.9. The normalized spacial score (nSPS) is 10.7. The number of rotatable bonds is 2. The second kappa shape index (κ2) is 4.49. The zero-order chi connectivity index (χ0) is 13.4. The van der Waals surface area contributed by atoms with Crippen molar-refractivity contribution in [3.05, 3.63) is 40.0 Å². The van der Waals surface area contributed by atoms with Gasteiger partial charge in [-0.15, -0.1) is 0 Å². The summed E-state index contributed by atoms with van der Waals surface area (Å²) in [6.07, 6.45) is 0. The molecule has 0 radical (unpaired) electrons. The minimum Gasteiger partial charge on any atom is -0.476 e. The summed E-state index contributed by atoms with van der Waals surface area (Å²) in [5, 5.41) is 12.5. The number of nitrogens with zero attached hydrogens (tertiary/aromatic N) is 2. The Kier molecular flexibility index (Phi) is 3.16. The van der Waals surface area contributed by atoms with Gasteiger partial charge < -0.3 is 5.11 Å². The number of carboxylic acid groups (broad SMARTS) is 1. The highest BCUT2D eigenvalue weighted by Gasteiger charge is 2.17. The fraction of sp³-hybridized carbons (Fsp3) is 0.0909. The molecule has 0 aliphatic heterocycles. The molecule has 0 aliphatic carbocycles. The monoisotopic (exact) mass is 316 g/mol. The van der Waals surface area contributed by atoms with Crippen molar-refractivity contribution in [2.45, 2.75) is 0 Å². The van der Waals surface area contributed by atoms with E-state index in [-0.39, 0.29) is 21.4 Å². The maximum absolute atomic E-state index is 13.7. The molecule has 1 aromatic carbocycles. The Hall–Kier alpha value is -1.76. The van der Waals surface area contributed by atoms with E-state index in [1.807, 2.05) is 0 Å². The summed E-state index contributed by atoms with van der Waals surface area (Å²) in [5.41, 5.74) is 0.128. The molecule has 0 atom stereocenters. The molecule has 7 heteroatoms. The first-order valence-corrected chi connectivity index (χ1v) is 5.61. The Morgan fingerprint density at radius 3 is 2.56 bits per heavy atom. The number of aromatic carboxylic acids is 1. The van der Waals surface area contributed by atoms with Gasteiger partial charge in [-0.05, 0) is 28.1 Å². The van der Waals surface area contributed by atoms with Crippen LogP contribution in [0.3, 0.4) is 0 Å². The van der Waals surface area contributed by atoms with Gasteiger partial charge in [0.1, 0.15) is 11.6 Å². The highest BCUT2D eigenvalue weighted by molar-refractivity contribution is 9.10. The van der Waals surface area contributed by atoms with Crippen LogP contribution in [0.1, 0.15) is 10.5 Å². The third-order valence-corrected chi connectivity index (χ3v) is 2.99. The Bertz CT molecular complexity index is 640. The molecule has 0 aliphatic rings. The lowest BCUT2D eigenvalue weighted by Gasteiger charge is -2.05. The van der Waals surface area contributed by atoms with E-state index in [1.165, 1.54) is 23.9 Å². The van der Waals surface area contributed by atoms with Crippen molar-refractivity contribution in [3.8, 4) is 11.3 Å². The molecule has 0 unspecified atom stereocenters. The summed E-state index contributed by atoms with van der Waals surface area (Å²) in [6.45, 7) is 0. The topological polar surface area (TPSA) is 55.1 Å². The third kappa shape index (κ3) is 2.13. The predicted molar refractivity (Wildman–Crippen MR) is 63.2 cm³/mol. The summed E-state index contributed by atoms with van der Waals surface area (Å²) in [4.78, 5) is 10.8. The fourth-order valence-corrected chi connectivity index (χ4v) is 1.89. The molecule has 94 valence electrons. The van der Waals surface area contributed by atoms with Gasteiger partial charge in [0.15, 0.2) is 5.69 Å². The quantitative estimate of drug-likeness (QED) is 0.867. The van der Waals surface area contributed by atoms with E-state index in [4.69, 9.17) is 5.11 Å². The van der Waals surface area contributed by atoms with Crippen molar-refractivity contribution in [1.82, 2.24) is 9.78 Å². The third-order valence-electron chi connectivity index (χ3n) is 2.38. The van der Waals surface area contributed by atoms with E-state index in [1.54, 1.807) is 0 Å². The smallest absolute Gasteiger partial charge is 0.356 e. The minimum atomic E-state index is -1.21. The first-order chi connectivity index (χ1) is 8.40. The molecule has 18 heavy (non-hydrogen) atoms. The predicted octanol–water partition coefficient (Wildman–Crippen LogP) is 2.83. The number of halogens is 3. The summed E-state index contributed by atoms with van der Waals surface area (Å²) >= 11 is 2.95. The van der Waals surface area contributed by atoms with Crippen LogP contribution in [0.2, 0.25) is 0 Å². The van der Waals surface area contributed by atoms with E-state index in [0.717, 1.165) is 6.07 Å². The van der Waals surface area contributed by atoms with E-state index >= 15 is 0 Å². The van der Waals surface area contributed by atoms with E-state index < -0.39 is 17.6 Å². The van der Waals surface area contributed by atoms with Gasteiger partial charge in [-0.3, -0.25) is 4.68 Å². The molecule has 2 aromatic rings. The zero-order valence-corrected chi connectivity index (χ0v) is 10.7. The molecule has 1 heterocycles. The van der Waals surface area contributed by atoms with Crippen LogP contribution in [0.25, 0.3) is 11.3 Å². The average Bonchev–Trinajstić information content (AvgIpc) is 2.66. The standard InChI is InChI=1S/C11H7BrF2N2O2/c1-16-10(4-9(15-16)11(17)18)5-2-6(12)8(14)3-7(5)13/h2-4H,1H3,(H,17,18). The number of hydrogen-bond donors (Lipinski definition) is 1. The molecule has 1 N–H and O–H groups in total. The van der Waals surface area contributed by atoms with Crippen LogP contribution in [-0.4, -0.2) is 20.9 Å². The van der Waals surface area contributed by atoms with Crippen LogP contribution in [0.15, 0.2) is 22.7 Å². The lowest BCUT2D eigenvalue weighted by atomic mass is 10.1. The SMILES string of the molecule is Cn1nc(C(=O)O)cc1-c1cc(Br)c(F)cc1F. The number of benzene rings is 1. The summed E-state index contributed by atoms with van der Waals surface area (Å²) in [7, 11) is 1.48. The number of carboxylic acids is 1. The van der Waals surface area contributed by atoms with Crippen molar-refractivity contribution in [1.29, 1.82) is 0 Å². The second-order valence-electron chi connectivity index (χ2n) is 3.59. The molecule has 2 rings (SSSR count). The minimum absolute atomic E-state index is 0.0748. The number of aryl methyl sites for hydroxylation is 1. The first kappa shape index (κ1) is 12.7. The second-order valence-corrected chi connectivity index (χ2v) is 4.44. The highest BCUT2D eigenvalue weighted by Crippen LogP contribution is 2.28. The molecular weight excluding hydrogens is 310 g/mol. The van der Waals surface area contributed by atoms with Crippen LogP contribution in [0.4, 0.5) is 8.78 Å². The lowest BCUT2D eigenvalue weighted by Crippen LogP contribution is -1.99. The van der Waals surface area contributed by atoms with Crippen molar-refractivity contribution < 1.29 is 18.7 Å². The van der Waals surface area contributed by atoms with Crippen molar-refractivity contribution in [3.63, 3.8) is 0 Å². The molecule has 1 aromatic heterocycles. The molecule has 0 bridgehead atoms. The van der Waals surface area contributed by atoms with Crippen LogP contribution in [0, 0.1) is 11.6 Å². The first-order valence-electron chi connectivity index (χ1n) is 4.82. The molecule has 0 saturated carbocycles. The van der Waals surface area contributed by atoms with Crippen molar-refractivity contribution >= 4 is 21.9 Å². The van der Waals surface area contributed by atoms with Gasteiger partial charge in [0, 0.05) is 18.7 Å². The van der Waals surface area contributed by atoms with Crippen molar-refractivity contribution in [2.24, 2.45) is 7.05 Å². The van der Waals surface area contributed by atoms with E-state index in [0.29, 0.717) is 0 Å². The largest absolute Gasteiger partial charge is 0.476 e. The van der Waals surface area contributed by atoms with Crippen molar-refractivity contribution in [2.75, 3.05) is 0 Å². The van der Waals surface area contributed by atoms with Crippen LogP contribution in [0.5, 0.6) is 0 Å². The Labute approximate surface area is 109 Å². The molecule has 4 nitrogen and oxygen atoms in total. The van der Waals surface area contributed by atoms with E-state index in [9.17, 15) is 13.6 Å². The van der Waals surface area contributed by atoms with Crippen LogP contribution in [-0.2, 0) is 7.05 Å². The number of hydrogen-bond acceptors (Lipinski definition) is 2. The van der Waals surface area contributed by atoms with Gasteiger partial charge >= 0.3 is 5.97 Å². The number of aromatic nitrogens is 2. The molecular formula is C11H7BrF2N2O2. The molecule has 0 fully saturated rings. The van der Waals surface area contributed by atoms with Crippen LogP contribution < -0.4 is 0 Å². The molecule has 0 saturated heterocycles. The summed E-state index contributed by atoms with van der Waals surface area (Å²) in [5.74, 6) is -2.72. The van der Waals surface area contributed by atoms with Gasteiger partial charge in [0.25, 0.3) is 0 Å². The molecule has 0 amide bonds. The Morgan fingerprint density at radius 1 is 1.33 bits per heavy atom. The summed E-state index contributed by atoms with van der Waals surface area (Å²) in [6, 6.07) is 3.20. The van der Waals surface area contributed by atoms with E-state index in [2.05, 4.69) is 21.0 Å². The Morgan fingerprint density at radius 2 is 2.00 bits per heavy atom. The maximum atomic E-state index is 13.7. The van der Waals surface area contributed by atoms with Gasteiger partial charge in [-0.1, -0.05) is 0 Å². The van der Waals surface area contributed by atoms with Gasteiger partial charge in [-0.2, -0.15) is 5.10 Å². The van der Waals surface area contributed by atoms with Gasteiger partial charge in [-0.25, -0.2) is 13.6 Å². The summed E-state index contributed by atoms with van der Waals surface area (Å²) < 4.78 is 28.1. The van der Waals surface area contributed by atoms with Gasteiger partial charge in [0.2, 0.25) is 0 Å². The Balaban J connectivity index is 2.62. The van der Waals surface area contributed by atoms with Crippen LogP contribution >= 0.6 is 15.9 Å². The van der Waals surface area contributed by atoms with Gasteiger partial charge in [0.05, 0.1) is 10.2 Å². The fourth-order valence-electron chi connectivity index (χ4n) is 1.54. The maximum Gasteiger partial charge on any atom is 0.356 e. The average molecular weight is 317 g/mol. The molecule has 0 spiro atoms. The number of carbonyl (C=O) groups is 1. The zero-order valence-electron chi connectivity index (χ0n) is 9.12.